The predicted octanol–water partition coefficient (Wildman–Crippen LogP) is 3.79. The molecule has 5 rings (SSSR count). The van der Waals surface area contributed by atoms with Gasteiger partial charge in [-0.3, -0.25) is 9.59 Å². The van der Waals surface area contributed by atoms with Crippen LogP contribution in [0.2, 0.25) is 0 Å². The lowest BCUT2D eigenvalue weighted by molar-refractivity contribution is -0.167. The molecule has 0 aromatic heterocycles. The zero-order valence-corrected chi connectivity index (χ0v) is 17.6. The van der Waals surface area contributed by atoms with E-state index in [-0.39, 0.29) is 39.4 Å². The van der Waals surface area contributed by atoms with Crippen LogP contribution < -0.4 is 0 Å². The first-order valence-corrected chi connectivity index (χ1v) is 11.9. The van der Waals surface area contributed by atoms with Gasteiger partial charge in [0.1, 0.15) is 5.60 Å². The molecule has 1 saturated heterocycles. The normalized spacial score (nSPS) is 51.2. The number of esters is 1. The number of ether oxygens (including phenoxy) is 1. The molecule has 1 N–H and O–H groups in total. The van der Waals surface area contributed by atoms with Gasteiger partial charge in [0.25, 0.3) is 0 Å². The Hall–Kier alpha value is -1.01. The third kappa shape index (κ3) is 2.31. The van der Waals surface area contributed by atoms with E-state index in [1.54, 1.807) is 6.08 Å². The van der Waals surface area contributed by atoms with Crippen LogP contribution in [-0.4, -0.2) is 31.4 Å². The summed E-state index contributed by atoms with van der Waals surface area (Å²) >= 11 is -1.92. The van der Waals surface area contributed by atoms with Crippen LogP contribution >= 0.6 is 0 Å². The molecule has 1 heterocycles. The van der Waals surface area contributed by atoms with E-state index in [0.29, 0.717) is 31.1 Å². The number of fused-ring (bicyclic) bond motifs is 6. The fourth-order valence-electron chi connectivity index (χ4n) is 8.00. The number of hydrogen-bond acceptors (Lipinski definition) is 4. The standard InChI is InChI=1S/C22H30O5S/c1-20-7-3-14(23)11-13(20)12-17(28(25)26)19-15(20)4-8-21(2)16(19)5-9-22(21)10-6-18(24)27-22/h11,15-17,19H,3-10,12H2,1-2H3,(H,25,26)/t15-,16-,17+,19+,20+,21+,22+/m0/s1. The van der Waals surface area contributed by atoms with Gasteiger partial charge in [-0.25, -0.2) is 4.21 Å². The molecule has 0 radical (unpaired) electrons. The molecular formula is C22H30O5S. The molecule has 0 aromatic carbocycles. The van der Waals surface area contributed by atoms with Crippen molar-refractivity contribution in [1.82, 2.24) is 0 Å². The van der Waals surface area contributed by atoms with Crippen molar-refractivity contribution in [2.24, 2.45) is 28.6 Å². The SMILES string of the molecule is C[C@@]12CCC(=O)C=C1C[C@@H](S(=O)O)[C@@H]1[C@@H]2CC[C@]2(C)[C@H]1CC[C@@]21CCC(=O)O1. The lowest BCUT2D eigenvalue weighted by Crippen LogP contribution is -2.58. The quantitative estimate of drug-likeness (QED) is 0.529. The van der Waals surface area contributed by atoms with E-state index in [0.717, 1.165) is 44.1 Å². The summed E-state index contributed by atoms with van der Waals surface area (Å²) in [5.74, 6) is 0.851. The maximum atomic E-state index is 12.4. The minimum absolute atomic E-state index is 0.0438. The molecule has 1 spiro atoms. The Morgan fingerprint density at radius 3 is 2.50 bits per heavy atom. The van der Waals surface area contributed by atoms with Crippen molar-refractivity contribution in [2.45, 2.75) is 82.5 Å². The van der Waals surface area contributed by atoms with Gasteiger partial charge in [0.2, 0.25) is 0 Å². The summed E-state index contributed by atoms with van der Waals surface area (Å²) in [6.07, 6.45) is 8.87. The van der Waals surface area contributed by atoms with Gasteiger partial charge < -0.3 is 9.29 Å². The predicted molar refractivity (Wildman–Crippen MR) is 105 cm³/mol. The summed E-state index contributed by atoms with van der Waals surface area (Å²) in [7, 11) is 0. The van der Waals surface area contributed by atoms with Gasteiger partial charge in [0, 0.05) is 18.3 Å². The fourth-order valence-corrected chi connectivity index (χ4v) is 8.97. The summed E-state index contributed by atoms with van der Waals surface area (Å²) in [4.78, 5) is 24.1. The molecule has 6 heteroatoms. The second-order valence-corrected chi connectivity index (χ2v) is 11.5. The van der Waals surface area contributed by atoms with Gasteiger partial charge in [-0.05, 0) is 74.2 Å². The van der Waals surface area contributed by atoms with Crippen molar-refractivity contribution in [3.8, 4) is 0 Å². The van der Waals surface area contributed by atoms with E-state index in [4.69, 9.17) is 4.74 Å². The van der Waals surface area contributed by atoms with Gasteiger partial charge >= 0.3 is 5.97 Å². The van der Waals surface area contributed by atoms with Crippen LogP contribution in [0.25, 0.3) is 0 Å². The average molecular weight is 407 g/mol. The van der Waals surface area contributed by atoms with Crippen LogP contribution in [0.5, 0.6) is 0 Å². The zero-order chi connectivity index (χ0) is 19.9. The van der Waals surface area contributed by atoms with Crippen LogP contribution in [-0.2, 0) is 25.4 Å². The lowest BCUT2D eigenvalue weighted by atomic mass is 9.46. The highest BCUT2D eigenvalue weighted by Crippen LogP contribution is 2.70. The molecular weight excluding hydrogens is 376 g/mol. The average Bonchev–Trinajstić information content (AvgIpc) is 3.16. The molecule has 28 heavy (non-hydrogen) atoms. The van der Waals surface area contributed by atoms with Crippen molar-refractivity contribution in [2.75, 3.05) is 0 Å². The van der Waals surface area contributed by atoms with Gasteiger partial charge in [-0.15, -0.1) is 0 Å². The Morgan fingerprint density at radius 1 is 1.07 bits per heavy atom. The number of carbonyl (C=O) groups excluding carboxylic acids is 2. The number of allylic oxidation sites excluding steroid dienone is 1. The highest BCUT2D eigenvalue weighted by atomic mass is 32.2. The first-order valence-electron chi connectivity index (χ1n) is 10.8. The van der Waals surface area contributed by atoms with Crippen LogP contribution in [0, 0.1) is 28.6 Å². The van der Waals surface area contributed by atoms with E-state index in [2.05, 4.69) is 13.8 Å². The molecule has 4 fully saturated rings. The second kappa shape index (κ2) is 6.00. The summed E-state index contributed by atoms with van der Waals surface area (Å²) in [6, 6.07) is 0. The molecule has 4 aliphatic carbocycles. The first kappa shape index (κ1) is 19.0. The van der Waals surface area contributed by atoms with E-state index in [9.17, 15) is 18.4 Å². The minimum atomic E-state index is -1.92. The molecule has 0 bridgehead atoms. The Kier molecular flexibility index (Phi) is 4.07. The zero-order valence-electron chi connectivity index (χ0n) is 16.7. The van der Waals surface area contributed by atoms with Gasteiger partial charge in [0.05, 0.1) is 5.25 Å². The Bertz CT molecular complexity index is 805. The Balaban J connectivity index is 1.57. The fraction of sp³-hybridized carbons (Fsp3) is 0.818. The monoisotopic (exact) mass is 406 g/mol. The highest BCUT2D eigenvalue weighted by Gasteiger charge is 2.68. The minimum Gasteiger partial charge on any atom is -0.458 e. The third-order valence-corrected chi connectivity index (χ3v) is 10.6. The van der Waals surface area contributed by atoms with Crippen molar-refractivity contribution >= 4 is 22.8 Å². The van der Waals surface area contributed by atoms with Crippen LogP contribution in [0.1, 0.15) is 71.6 Å². The van der Waals surface area contributed by atoms with Crippen molar-refractivity contribution in [1.29, 1.82) is 0 Å². The number of hydrogen-bond donors (Lipinski definition) is 1. The van der Waals surface area contributed by atoms with Crippen molar-refractivity contribution in [3.63, 3.8) is 0 Å². The molecule has 1 unspecified atom stereocenters. The van der Waals surface area contributed by atoms with Crippen molar-refractivity contribution in [3.05, 3.63) is 11.6 Å². The van der Waals surface area contributed by atoms with Gasteiger partial charge in [-0.1, -0.05) is 19.4 Å². The lowest BCUT2D eigenvalue weighted by Gasteiger charge is -2.60. The van der Waals surface area contributed by atoms with Crippen LogP contribution in [0.3, 0.4) is 0 Å². The molecule has 5 nitrogen and oxygen atoms in total. The van der Waals surface area contributed by atoms with E-state index >= 15 is 0 Å². The third-order valence-electron chi connectivity index (χ3n) is 9.55. The smallest absolute Gasteiger partial charge is 0.306 e. The van der Waals surface area contributed by atoms with Gasteiger partial charge in [-0.2, -0.15) is 0 Å². The van der Waals surface area contributed by atoms with Gasteiger partial charge in [0.15, 0.2) is 16.9 Å². The van der Waals surface area contributed by atoms with E-state index in [1.165, 1.54) is 0 Å². The van der Waals surface area contributed by atoms with E-state index < -0.39 is 11.1 Å². The van der Waals surface area contributed by atoms with E-state index in [1.807, 2.05) is 0 Å². The second-order valence-electron chi connectivity index (χ2n) is 10.3. The number of ketones is 1. The number of carbonyl (C=O) groups is 2. The molecule has 3 saturated carbocycles. The highest BCUT2D eigenvalue weighted by molar-refractivity contribution is 7.79. The molecule has 0 aromatic rings. The van der Waals surface area contributed by atoms with Crippen molar-refractivity contribution < 1.29 is 23.1 Å². The summed E-state index contributed by atoms with van der Waals surface area (Å²) in [5.41, 5.74) is 0.569. The Labute approximate surface area is 168 Å². The topological polar surface area (TPSA) is 80.7 Å². The molecule has 8 atom stereocenters. The summed E-state index contributed by atoms with van der Waals surface area (Å²) in [5, 5.41) is -0.327. The largest absolute Gasteiger partial charge is 0.458 e. The summed E-state index contributed by atoms with van der Waals surface area (Å²) < 4.78 is 28.6. The van der Waals surface area contributed by atoms with Crippen LogP contribution in [0.15, 0.2) is 11.6 Å². The molecule has 1 aliphatic heterocycles. The Morgan fingerprint density at radius 2 is 1.82 bits per heavy atom. The number of rotatable bonds is 1. The molecule has 0 amide bonds. The van der Waals surface area contributed by atoms with Crippen LogP contribution in [0.4, 0.5) is 0 Å². The molecule has 154 valence electrons. The summed E-state index contributed by atoms with van der Waals surface area (Å²) in [6.45, 7) is 4.55. The maximum Gasteiger partial charge on any atom is 0.306 e. The maximum absolute atomic E-state index is 12.4. The molecule has 5 aliphatic rings. The first-order chi connectivity index (χ1) is 13.2.